The summed E-state index contributed by atoms with van der Waals surface area (Å²) in [7, 11) is -3.05. The van der Waals surface area contributed by atoms with Crippen LogP contribution in [0.1, 0.15) is 62.4 Å². The summed E-state index contributed by atoms with van der Waals surface area (Å²) in [6.07, 6.45) is 1.74. The van der Waals surface area contributed by atoms with Gasteiger partial charge in [0.15, 0.2) is 13.9 Å². The number of hydrogen-bond acceptors (Lipinski definition) is 8. The van der Waals surface area contributed by atoms with Crippen LogP contribution in [-0.4, -0.2) is 63.6 Å². The van der Waals surface area contributed by atoms with Crippen molar-refractivity contribution in [2.24, 2.45) is 5.92 Å². The summed E-state index contributed by atoms with van der Waals surface area (Å²) in [5.41, 5.74) is 6.13. The van der Waals surface area contributed by atoms with Gasteiger partial charge in [0.25, 0.3) is 17.7 Å². The minimum Gasteiger partial charge on any atom is -0.432 e. The maximum absolute atomic E-state index is 15.7. The first-order chi connectivity index (χ1) is 33.0. The van der Waals surface area contributed by atoms with Crippen LogP contribution < -0.4 is 14.7 Å². The molecule has 5 atom stereocenters. The largest absolute Gasteiger partial charge is 0.432 e. The summed E-state index contributed by atoms with van der Waals surface area (Å²) < 4.78 is 9.03. The Kier molecular flexibility index (Phi) is 9.68. The maximum Gasteiger partial charge on any atom is 0.264 e. The highest BCUT2D eigenvalue weighted by Gasteiger charge is 2.66. The van der Waals surface area contributed by atoms with Gasteiger partial charge in [-0.05, 0) is 96.0 Å². The van der Waals surface area contributed by atoms with Crippen LogP contribution >= 0.6 is 0 Å². The first kappa shape index (κ1) is 42.1. The Balaban J connectivity index is 0.905. The highest BCUT2D eigenvalue weighted by Crippen LogP contribution is 2.61. The Morgan fingerprint density at radius 2 is 1.32 bits per heavy atom. The van der Waals surface area contributed by atoms with Gasteiger partial charge < -0.3 is 19.5 Å². The number of fused-ring (bicyclic) bond motifs is 2. The molecule has 2 N–H and O–H groups in total. The van der Waals surface area contributed by atoms with Gasteiger partial charge in [0.05, 0.1) is 59.1 Å². The van der Waals surface area contributed by atoms with Crippen LogP contribution in [-0.2, 0) is 28.2 Å². The fourth-order valence-corrected chi connectivity index (χ4v) is 14.4. The van der Waals surface area contributed by atoms with E-state index in [-0.39, 0.29) is 42.3 Å². The number of aryl methyl sites for hydroxylation is 1. The Bertz CT molecular complexity index is 3360. The normalized spacial score (nSPS) is 21.0. The number of ether oxygens (including phenoxy) is 1. The Labute approximate surface area is 393 Å². The van der Waals surface area contributed by atoms with Crippen LogP contribution in [0.15, 0.2) is 152 Å². The van der Waals surface area contributed by atoms with Crippen molar-refractivity contribution in [3.63, 3.8) is 0 Å². The standard InChI is InChI=1S/C55H48N6O6Si/c1-33-51(68(2,3)66)48(27-28-58-31-44(56-57-58)42(32-62)35-11-5-4-6-12-35)67-55(33)43-29-39(61-47-20-10-16-37-14-8-18-41(50(37)47)53(61)64)25-26-45(43)59(54(55)65)30-34-21-23-38(24-22-34)60-46-19-9-15-36-13-7-17-40(49(36)46)52(60)63/h4-26,29,31,33,42,48,51,62,66H,27-28,30,32H2,1-3H3/t33-,42?,48+,51-,55+/m0/s1. The van der Waals surface area contributed by atoms with Gasteiger partial charge in [-0.2, -0.15) is 0 Å². The summed E-state index contributed by atoms with van der Waals surface area (Å²) in [5, 5.41) is 23.0. The molecule has 0 bridgehead atoms. The van der Waals surface area contributed by atoms with Crippen molar-refractivity contribution in [2.45, 2.75) is 62.7 Å². The van der Waals surface area contributed by atoms with Gasteiger partial charge in [0, 0.05) is 51.9 Å². The zero-order chi connectivity index (χ0) is 46.6. The third kappa shape index (κ3) is 6.26. The van der Waals surface area contributed by atoms with E-state index in [0.29, 0.717) is 46.7 Å². The molecule has 8 aromatic rings. The van der Waals surface area contributed by atoms with Crippen LogP contribution in [0, 0.1) is 5.92 Å². The van der Waals surface area contributed by atoms with Crippen LogP contribution in [0.4, 0.5) is 28.4 Å². The fraction of sp³-hybridized carbons (Fsp3) is 0.218. The number of anilines is 5. The Morgan fingerprint density at radius 1 is 0.721 bits per heavy atom. The van der Waals surface area contributed by atoms with Crippen LogP contribution in [0.25, 0.3) is 21.5 Å². The molecule has 0 radical (unpaired) electrons. The lowest BCUT2D eigenvalue weighted by Gasteiger charge is -2.32. The second-order valence-corrected chi connectivity index (χ2v) is 23.1. The number of aromatic nitrogens is 3. The molecule has 338 valence electrons. The zero-order valence-electron chi connectivity index (χ0n) is 37.8. The zero-order valence-corrected chi connectivity index (χ0v) is 38.8. The smallest absolute Gasteiger partial charge is 0.264 e. The molecule has 1 fully saturated rings. The molecule has 0 aliphatic carbocycles. The van der Waals surface area contributed by atoms with Crippen LogP contribution in [0.2, 0.25) is 18.6 Å². The lowest BCUT2D eigenvalue weighted by molar-refractivity contribution is -0.146. The molecule has 3 amide bonds. The molecule has 1 spiro atoms. The first-order valence-corrected chi connectivity index (χ1v) is 26.2. The number of aliphatic hydroxyl groups excluding tert-OH is 1. The number of aliphatic hydroxyl groups is 1. The predicted molar refractivity (Wildman–Crippen MR) is 264 cm³/mol. The molecule has 4 aliphatic rings. The molecule has 68 heavy (non-hydrogen) atoms. The Morgan fingerprint density at radius 3 is 1.94 bits per heavy atom. The van der Waals surface area contributed by atoms with Gasteiger partial charge >= 0.3 is 0 Å². The average Bonchev–Trinajstić information content (AvgIpc) is 4.13. The van der Waals surface area contributed by atoms with Crippen molar-refractivity contribution >= 4 is 76.0 Å². The molecule has 7 aromatic carbocycles. The van der Waals surface area contributed by atoms with E-state index in [1.807, 2.05) is 172 Å². The summed E-state index contributed by atoms with van der Waals surface area (Å²) >= 11 is 0. The summed E-state index contributed by atoms with van der Waals surface area (Å²) in [4.78, 5) is 61.2. The highest BCUT2D eigenvalue weighted by molar-refractivity contribution is 6.71. The van der Waals surface area contributed by atoms with E-state index in [9.17, 15) is 19.5 Å². The second kappa shape index (κ2) is 15.6. The molecule has 1 aromatic heterocycles. The number of nitrogens with zero attached hydrogens (tertiary/aromatic N) is 6. The molecule has 0 saturated carbocycles. The quantitative estimate of drug-likeness (QED) is 0.122. The lowest BCUT2D eigenvalue weighted by Crippen LogP contribution is -2.46. The van der Waals surface area contributed by atoms with Crippen molar-refractivity contribution < 1.29 is 29.0 Å². The van der Waals surface area contributed by atoms with E-state index in [4.69, 9.17) is 4.74 Å². The summed E-state index contributed by atoms with van der Waals surface area (Å²) in [5.74, 6) is -1.27. The van der Waals surface area contributed by atoms with Crippen molar-refractivity contribution in [3.8, 4) is 0 Å². The SMILES string of the molecule is C[C@H]1[C@H]([Si](C)(C)O)[C@@H](CCn2cc(C(CO)c3ccccc3)nn2)O[C@]12C(=O)N(Cc1ccc(N3C(=O)c4cccc5cccc3c45)cc1)c1ccc(N3C(=O)c4cccc5cccc3c45)cc12. The van der Waals surface area contributed by atoms with E-state index in [1.165, 1.54) is 0 Å². The minimum absolute atomic E-state index is 0.0839. The Hall–Kier alpha value is -7.29. The molecule has 1 saturated heterocycles. The maximum atomic E-state index is 15.7. The highest BCUT2D eigenvalue weighted by atomic mass is 28.4. The van der Waals surface area contributed by atoms with E-state index >= 15 is 4.79 Å². The fourth-order valence-electron chi connectivity index (χ4n) is 11.8. The number of benzene rings is 7. The van der Waals surface area contributed by atoms with E-state index < -0.39 is 25.9 Å². The summed E-state index contributed by atoms with van der Waals surface area (Å²) in [6.45, 7) is 6.32. The molecule has 12 rings (SSSR count). The molecule has 1 unspecified atom stereocenters. The minimum atomic E-state index is -3.05. The van der Waals surface area contributed by atoms with E-state index in [0.717, 1.165) is 49.7 Å². The molecule has 13 heteroatoms. The number of rotatable bonds is 11. The van der Waals surface area contributed by atoms with E-state index in [1.54, 1.807) is 19.4 Å². The molecular formula is C55H48N6O6Si. The molecule has 5 heterocycles. The molecular weight excluding hydrogens is 869 g/mol. The third-order valence-electron chi connectivity index (χ3n) is 14.8. The number of carbonyl (C=O) groups is 3. The molecule has 4 aliphatic heterocycles. The monoisotopic (exact) mass is 916 g/mol. The summed E-state index contributed by atoms with van der Waals surface area (Å²) in [6, 6.07) is 46.6. The lowest BCUT2D eigenvalue weighted by atomic mass is 9.82. The van der Waals surface area contributed by atoms with Crippen LogP contribution in [0.3, 0.4) is 0 Å². The van der Waals surface area contributed by atoms with E-state index in [2.05, 4.69) is 10.3 Å². The number of amides is 3. The van der Waals surface area contributed by atoms with Crippen molar-refractivity contribution in [2.75, 3.05) is 21.3 Å². The third-order valence-corrected chi connectivity index (χ3v) is 17.3. The van der Waals surface area contributed by atoms with Crippen LogP contribution in [0.5, 0.6) is 0 Å². The topological polar surface area (TPSA) is 141 Å². The van der Waals surface area contributed by atoms with Crippen molar-refractivity contribution in [1.29, 1.82) is 0 Å². The predicted octanol–water partition coefficient (Wildman–Crippen LogP) is 9.73. The van der Waals surface area contributed by atoms with Gasteiger partial charge in [-0.15, -0.1) is 5.10 Å². The number of carbonyl (C=O) groups excluding carboxylic acids is 3. The number of hydrogen-bond donors (Lipinski definition) is 2. The van der Waals surface area contributed by atoms with Gasteiger partial charge in [0.1, 0.15) is 0 Å². The van der Waals surface area contributed by atoms with Crippen molar-refractivity contribution in [1.82, 2.24) is 15.0 Å². The van der Waals surface area contributed by atoms with Crippen molar-refractivity contribution in [3.05, 3.63) is 185 Å². The molecule has 12 nitrogen and oxygen atoms in total. The van der Waals surface area contributed by atoms with Gasteiger partial charge in [-0.1, -0.05) is 103 Å². The first-order valence-electron chi connectivity index (χ1n) is 23.2. The van der Waals surface area contributed by atoms with Gasteiger partial charge in [-0.25, -0.2) is 0 Å². The van der Waals surface area contributed by atoms with Gasteiger partial charge in [-0.3, -0.25) is 28.9 Å². The van der Waals surface area contributed by atoms with Gasteiger partial charge in [0.2, 0.25) is 0 Å². The average molecular weight is 917 g/mol. The second-order valence-electron chi connectivity index (χ2n) is 19.1.